The molecule has 2 nitrogen and oxygen atoms in total. The maximum absolute atomic E-state index is 5.43. The Labute approximate surface area is 104 Å². The van der Waals surface area contributed by atoms with Gasteiger partial charge in [-0.15, -0.1) is 0 Å². The van der Waals surface area contributed by atoms with Crippen molar-refractivity contribution in [1.29, 1.82) is 0 Å². The van der Waals surface area contributed by atoms with Crippen LogP contribution in [0.25, 0.3) is 0 Å². The van der Waals surface area contributed by atoms with Gasteiger partial charge in [0.2, 0.25) is 5.88 Å². The summed E-state index contributed by atoms with van der Waals surface area (Å²) >= 11 is 0. The number of ether oxygens (including phenoxy) is 1. The summed E-state index contributed by atoms with van der Waals surface area (Å²) in [6.07, 6.45) is 3.98. The van der Waals surface area contributed by atoms with Crippen LogP contribution in [0, 0.1) is 19.8 Å². The van der Waals surface area contributed by atoms with Crippen LogP contribution in [0.15, 0.2) is 0 Å². The Morgan fingerprint density at radius 3 is 2.41 bits per heavy atom. The summed E-state index contributed by atoms with van der Waals surface area (Å²) in [5.74, 6) is 2.19. The number of pyridine rings is 1. The molecule has 1 aliphatic rings. The lowest BCUT2D eigenvalue weighted by molar-refractivity contribution is 0.388. The number of aromatic nitrogens is 1. The fourth-order valence-corrected chi connectivity index (χ4v) is 2.62. The van der Waals surface area contributed by atoms with Gasteiger partial charge in [-0.05, 0) is 56.1 Å². The third-order valence-electron chi connectivity index (χ3n) is 3.75. The van der Waals surface area contributed by atoms with Gasteiger partial charge in [0, 0.05) is 11.3 Å². The van der Waals surface area contributed by atoms with E-state index in [9.17, 15) is 0 Å². The summed E-state index contributed by atoms with van der Waals surface area (Å²) in [4.78, 5) is 4.63. The van der Waals surface area contributed by atoms with E-state index in [0.717, 1.165) is 17.5 Å². The molecule has 1 saturated carbocycles. The molecule has 94 valence electrons. The minimum atomic E-state index is 0.469. The van der Waals surface area contributed by atoms with Crippen molar-refractivity contribution in [3.05, 3.63) is 22.4 Å². The van der Waals surface area contributed by atoms with E-state index in [4.69, 9.17) is 4.74 Å². The molecule has 1 aliphatic carbocycles. The van der Waals surface area contributed by atoms with Crippen LogP contribution >= 0.6 is 0 Å². The Morgan fingerprint density at radius 2 is 1.94 bits per heavy atom. The molecule has 17 heavy (non-hydrogen) atoms. The Kier molecular flexibility index (Phi) is 3.41. The molecule has 0 spiro atoms. The van der Waals surface area contributed by atoms with E-state index < -0.39 is 0 Å². The normalized spacial score (nSPS) is 15.4. The molecule has 0 unspecified atom stereocenters. The summed E-state index contributed by atoms with van der Waals surface area (Å²) in [6, 6.07) is 0. The fourth-order valence-electron chi connectivity index (χ4n) is 2.62. The van der Waals surface area contributed by atoms with Crippen LogP contribution in [-0.2, 0) is 6.42 Å². The average Bonchev–Trinajstić information content (AvgIpc) is 3.06. The Morgan fingerprint density at radius 1 is 1.29 bits per heavy atom. The maximum atomic E-state index is 5.43. The number of hydrogen-bond acceptors (Lipinski definition) is 2. The van der Waals surface area contributed by atoms with Crippen molar-refractivity contribution in [3.8, 4) is 5.88 Å². The van der Waals surface area contributed by atoms with E-state index in [1.807, 2.05) is 0 Å². The molecule has 0 N–H and O–H groups in total. The number of nitrogens with zero attached hydrogens (tertiary/aromatic N) is 1. The van der Waals surface area contributed by atoms with E-state index in [1.165, 1.54) is 36.0 Å². The minimum absolute atomic E-state index is 0.469. The van der Waals surface area contributed by atoms with Crippen molar-refractivity contribution in [2.24, 2.45) is 5.92 Å². The van der Waals surface area contributed by atoms with Gasteiger partial charge in [-0.3, -0.25) is 0 Å². The second kappa shape index (κ2) is 4.67. The second-order valence-electron chi connectivity index (χ2n) is 5.53. The first kappa shape index (κ1) is 12.4. The first-order chi connectivity index (χ1) is 8.04. The number of rotatable bonds is 4. The first-order valence-electron chi connectivity index (χ1n) is 6.58. The predicted molar refractivity (Wildman–Crippen MR) is 70.8 cm³/mol. The highest BCUT2D eigenvalue weighted by atomic mass is 16.5. The number of methoxy groups -OCH3 is 1. The van der Waals surface area contributed by atoms with Crippen LogP contribution in [0.5, 0.6) is 5.88 Å². The lowest BCUT2D eigenvalue weighted by Crippen LogP contribution is -2.07. The average molecular weight is 233 g/mol. The van der Waals surface area contributed by atoms with Crippen molar-refractivity contribution in [2.75, 3.05) is 7.11 Å². The predicted octanol–water partition coefficient (Wildman–Crippen LogP) is 3.78. The number of aryl methyl sites for hydroxylation is 1. The van der Waals surface area contributed by atoms with E-state index in [0.29, 0.717) is 5.92 Å². The molecule has 0 aromatic carbocycles. The first-order valence-corrected chi connectivity index (χ1v) is 6.58. The highest BCUT2D eigenvalue weighted by Crippen LogP contribution is 2.37. The topological polar surface area (TPSA) is 22.1 Å². The second-order valence-corrected chi connectivity index (χ2v) is 5.53. The smallest absolute Gasteiger partial charge is 0.217 e. The molecule has 1 heterocycles. The largest absolute Gasteiger partial charge is 0.481 e. The van der Waals surface area contributed by atoms with Gasteiger partial charge in [-0.1, -0.05) is 13.8 Å². The molecule has 2 rings (SSSR count). The van der Waals surface area contributed by atoms with Crippen molar-refractivity contribution >= 4 is 0 Å². The van der Waals surface area contributed by atoms with E-state index in [-0.39, 0.29) is 0 Å². The van der Waals surface area contributed by atoms with E-state index in [2.05, 4.69) is 32.7 Å². The Bertz CT molecular complexity index is 419. The van der Waals surface area contributed by atoms with Gasteiger partial charge >= 0.3 is 0 Å². The van der Waals surface area contributed by atoms with Gasteiger partial charge < -0.3 is 4.74 Å². The van der Waals surface area contributed by atoms with Gasteiger partial charge in [0.25, 0.3) is 0 Å². The highest BCUT2D eigenvalue weighted by molar-refractivity contribution is 5.44. The monoisotopic (exact) mass is 233 g/mol. The van der Waals surface area contributed by atoms with Gasteiger partial charge in [0.15, 0.2) is 0 Å². The lowest BCUT2D eigenvalue weighted by Gasteiger charge is -2.19. The molecule has 1 aromatic rings. The number of hydrogen-bond donors (Lipinski definition) is 0. The quantitative estimate of drug-likeness (QED) is 0.789. The zero-order valence-electron chi connectivity index (χ0n) is 11.6. The van der Waals surface area contributed by atoms with Crippen molar-refractivity contribution < 1.29 is 4.74 Å². The molecule has 2 heteroatoms. The lowest BCUT2D eigenvalue weighted by atomic mass is 9.92. The molecule has 1 fully saturated rings. The molecule has 0 amide bonds. The van der Waals surface area contributed by atoms with Crippen molar-refractivity contribution in [2.45, 2.75) is 52.9 Å². The van der Waals surface area contributed by atoms with Crippen molar-refractivity contribution in [3.63, 3.8) is 0 Å². The zero-order chi connectivity index (χ0) is 12.6. The van der Waals surface area contributed by atoms with E-state index in [1.54, 1.807) is 7.11 Å². The molecule has 0 saturated heterocycles. The molecular formula is C15H23NO. The van der Waals surface area contributed by atoms with Gasteiger partial charge in [-0.2, -0.15) is 0 Å². The third kappa shape index (κ3) is 2.46. The fraction of sp³-hybridized carbons (Fsp3) is 0.667. The minimum Gasteiger partial charge on any atom is -0.481 e. The van der Waals surface area contributed by atoms with Crippen LogP contribution in [0.3, 0.4) is 0 Å². The van der Waals surface area contributed by atoms with Gasteiger partial charge in [-0.25, -0.2) is 4.98 Å². The molecular weight excluding hydrogens is 210 g/mol. The molecule has 1 aromatic heterocycles. The van der Waals surface area contributed by atoms with Crippen LogP contribution in [0.1, 0.15) is 55.0 Å². The summed E-state index contributed by atoms with van der Waals surface area (Å²) < 4.78 is 5.43. The summed E-state index contributed by atoms with van der Waals surface area (Å²) in [5.41, 5.74) is 5.29. The highest BCUT2D eigenvalue weighted by Gasteiger charge is 2.25. The molecule has 0 aliphatic heterocycles. The zero-order valence-corrected chi connectivity index (χ0v) is 11.6. The Balaban J connectivity index is 2.47. The SMILES string of the molecule is COc1nc(C)c(CC2CC2)c(C)c1C(C)C. The summed E-state index contributed by atoms with van der Waals surface area (Å²) in [7, 11) is 1.72. The van der Waals surface area contributed by atoms with Crippen LogP contribution in [0.4, 0.5) is 0 Å². The molecule has 0 radical (unpaired) electrons. The molecule has 0 atom stereocenters. The third-order valence-corrected chi connectivity index (χ3v) is 3.75. The Hall–Kier alpha value is -1.05. The maximum Gasteiger partial charge on any atom is 0.217 e. The van der Waals surface area contributed by atoms with Crippen LogP contribution < -0.4 is 4.74 Å². The van der Waals surface area contributed by atoms with E-state index >= 15 is 0 Å². The van der Waals surface area contributed by atoms with Crippen LogP contribution in [0.2, 0.25) is 0 Å². The van der Waals surface area contributed by atoms with Gasteiger partial charge in [0.1, 0.15) is 0 Å². The standard InChI is InChI=1S/C15H23NO/c1-9(2)14-10(3)13(8-12-6-7-12)11(4)16-15(14)17-5/h9,12H,6-8H2,1-5H3. The summed E-state index contributed by atoms with van der Waals surface area (Å²) in [6.45, 7) is 8.76. The molecule has 0 bridgehead atoms. The van der Waals surface area contributed by atoms with Crippen LogP contribution in [-0.4, -0.2) is 12.1 Å². The van der Waals surface area contributed by atoms with Gasteiger partial charge in [0.05, 0.1) is 7.11 Å². The summed E-state index contributed by atoms with van der Waals surface area (Å²) in [5, 5.41) is 0. The van der Waals surface area contributed by atoms with Crippen molar-refractivity contribution in [1.82, 2.24) is 4.98 Å².